The molecule has 0 atom stereocenters. The third-order valence-electron chi connectivity index (χ3n) is 4.53. The Bertz CT molecular complexity index is 1180. The quantitative estimate of drug-likeness (QED) is 0.327. The van der Waals surface area contributed by atoms with Gasteiger partial charge in [0.05, 0.1) is 5.75 Å². The minimum atomic E-state index is -0.238. The van der Waals surface area contributed by atoms with E-state index in [1.54, 1.807) is 0 Å². The Morgan fingerprint density at radius 2 is 1.68 bits per heavy atom. The van der Waals surface area contributed by atoms with Crippen molar-refractivity contribution < 1.29 is 4.79 Å². The molecule has 0 spiro atoms. The van der Waals surface area contributed by atoms with Gasteiger partial charge in [-0.2, -0.15) is 0 Å². The average Bonchev–Trinajstić information content (AvgIpc) is 3.39. The van der Waals surface area contributed by atoms with Gasteiger partial charge in [-0.3, -0.25) is 4.79 Å². The fourth-order valence-electron chi connectivity index (χ4n) is 2.77. The molecule has 0 bridgehead atoms. The Kier molecular flexibility index (Phi) is 6.28. The fourth-order valence-corrected chi connectivity index (χ4v) is 4.37. The third-order valence-corrected chi connectivity index (χ3v) is 6.59. The molecule has 4 aromatic rings. The van der Waals surface area contributed by atoms with Gasteiger partial charge < -0.3 is 11.2 Å². The van der Waals surface area contributed by atoms with E-state index in [0.717, 1.165) is 16.7 Å². The maximum Gasteiger partial charge on any atom is 0.282 e. The predicted octanol–water partition coefficient (Wildman–Crippen LogP) is 3.35. The van der Waals surface area contributed by atoms with E-state index in [9.17, 15) is 4.79 Å². The molecule has 0 radical (unpaired) electrons. The smallest absolute Gasteiger partial charge is 0.282 e. The summed E-state index contributed by atoms with van der Waals surface area (Å²) in [5, 5.41) is 21.0. The highest BCUT2D eigenvalue weighted by Crippen LogP contribution is 2.25. The Labute approximate surface area is 187 Å². The van der Waals surface area contributed by atoms with Crippen LogP contribution in [0.1, 0.15) is 31.5 Å². The topological polar surface area (TPSA) is 112 Å². The third kappa shape index (κ3) is 5.09. The Hall–Kier alpha value is -3.24. The lowest BCUT2D eigenvalue weighted by atomic mass is 10.1. The van der Waals surface area contributed by atoms with Crippen molar-refractivity contribution in [3.05, 3.63) is 75.2 Å². The molecule has 4 rings (SSSR count). The number of hydrogen-bond acceptors (Lipinski definition) is 8. The molecular weight excluding hydrogens is 430 g/mol. The zero-order chi connectivity index (χ0) is 21.8. The Balaban J connectivity index is 1.34. The lowest BCUT2D eigenvalue weighted by molar-refractivity contribution is 0.0950. The van der Waals surface area contributed by atoms with E-state index in [1.807, 2.05) is 62.4 Å². The second kappa shape index (κ2) is 9.27. The van der Waals surface area contributed by atoms with Gasteiger partial charge in [-0.15, -0.1) is 20.4 Å². The standard InChI is InChI=1S/C21H21N7OS2/c1-13-3-7-15(8-4-13)11-23-19(29)20-26-24-17(31-20)12-30-21-27-25-18(28(21)22)16-9-5-14(2)6-10-16/h3-10H,11-12,22H2,1-2H3,(H,23,29). The molecule has 10 heteroatoms. The Morgan fingerprint density at radius 1 is 1.00 bits per heavy atom. The van der Waals surface area contributed by atoms with Gasteiger partial charge in [0, 0.05) is 12.1 Å². The zero-order valence-electron chi connectivity index (χ0n) is 17.1. The van der Waals surface area contributed by atoms with Crippen molar-refractivity contribution in [3.63, 3.8) is 0 Å². The van der Waals surface area contributed by atoms with Crippen LogP contribution in [0.3, 0.4) is 0 Å². The molecule has 0 aliphatic rings. The van der Waals surface area contributed by atoms with Gasteiger partial charge in [-0.05, 0) is 19.4 Å². The van der Waals surface area contributed by atoms with Crippen molar-refractivity contribution >= 4 is 29.0 Å². The van der Waals surface area contributed by atoms with Crippen LogP contribution in [0.2, 0.25) is 0 Å². The summed E-state index contributed by atoms with van der Waals surface area (Å²) < 4.78 is 1.46. The van der Waals surface area contributed by atoms with E-state index >= 15 is 0 Å². The maximum atomic E-state index is 12.4. The number of nitrogens with zero attached hydrogens (tertiary/aromatic N) is 5. The molecule has 0 saturated heterocycles. The molecule has 0 aliphatic carbocycles. The largest absolute Gasteiger partial charge is 0.346 e. The van der Waals surface area contributed by atoms with Crippen LogP contribution in [-0.4, -0.2) is 31.0 Å². The van der Waals surface area contributed by atoms with Crippen molar-refractivity contribution in [2.45, 2.75) is 31.3 Å². The summed E-state index contributed by atoms with van der Waals surface area (Å²) in [5.74, 6) is 7.02. The van der Waals surface area contributed by atoms with Crippen LogP contribution in [0.25, 0.3) is 11.4 Å². The lowest BCUT2D eigenvalue weighted by Crippen LogP contribution is -2.22. The number of rotatable bonds is 7. The molecule has 2 aromatic carbocycles. The molecule has 0 unspecified atom stereocenters. The fraction of sp³-hybridized carbons (Fsp3) is 0.190. The summed E-state index contributed by atoms with van der Waals surface area (Å²) in [5.41, 5.74) is 4.28. The highest BCUT2D eigenvalue weighted by Gasteiger charge is 2.16. The van der Waals surface area contributed by atoms with Crippen molar-refractivity contribution in [3.8, 4) is 11.4 Å². The van der Waals surface area contributed by atoms with E-state index in [2.05, 4.69) is 25.7 Å². The second-order valence-corrected chi connectivity index (χ2v) is 9.00. The van der Waals surface area contributed by atoms with Gasteiger partial charge in [0.25, 0.3) is 5.91 Å². The van der Waals surface area contributed by atoms with Crippen LogP contribution in [0, 0.1) is 13.8 Å². The summed E-state index contributed by atoms with van der Waals surface area (Å²) in [7, 11) is 0. The zero-order valence-corrected chi connectivity index (χ0v) is 18.7. The van der Waals surface area contributed by atoms with Crippen molar-refractivity contribution in [2.24, 2.45) is 0 Å². The first-order valence-electron chi connectivity index (χ1n) is 9.56. The molecule has 3 N–H and O–H groups in total. The number of benzene rings is 2. The van der Waals surface area contributed by atoms with Crippen LogP contribution < -0.4 is 11.2 Å². The van der Waals surface area contributed by atoms with Gasteiger partial charge in [-0.1, -0.05) is 82.8 Å². The molecule has 2 aromatic heterocycles. The van der Waals surface area contributed by atoms with Crippen LogP contribution >= 0.6 is 23.1 Å². The summed E-state index contributed by atoms with van der Waals surface area (Å²) in [6, 6.07) is 15.9. The Morgan fingerprint density at radius 3 is 2.39 bits per heavy atom. The number of amides is 1. The number of aromatic nitrogens is 5. The van der Waals surface area contributed by atoms with Crippen LogP contribution in [0.4, 0.5) is 0 Å². The summed E-state index contributed by atoms with van der Waals surface area (Å²) in [6.07, 6.45) is 0. The normalized spacial score (nSPS) is 10.9. The van der Waals surface area contributed by atoms with Gasteiger partial charge >= 0.3 is 0 Å². The molecule has 31 heavy (non-hydrogen) atoms. The van der Waals surface area contributed by atoms with E-state index in [4.69, 9.17) is 5.84 Å². The number of thioether (sulfide) groups is 1. The van der Waals surface area contributed by atoms with Gasteiger partial charge in [-0.25, -0.2) is 4.68 Å². The minimum Gasteiger partial charge on any atom is -0.346 e. The second-order valence-electron chi connectivity index (χ2n) is 7.00. The van der Waals surface area contributed by atoms with E-state index in [1.165, 1.54) is 33.3 Å². The minimum absolute atomic E-state index is 0.238. The SMILES string of the molecule is Cc1ccc(CNC(=O)c2nnc(CSc3nnc(-c4ccc(C)cc4)n3N)s2)cc1. The summed E-state index contributed by atoms with van der Waals surface area (Å²) in [4.78, 5) is 12.4. The summed E-state index contributed by atoms with van der Waals surface area (Å²) in [6.45, 7) is 4.50. The highest BCUT2D eigenvalue weighted by molar-refractivity contribution is 7.98. The first-order valence-corrected chi connectivity index (χ1v) is 11.4. The average molecular weight is 452 g/mol. The molecule has 2 heterocycles. The molecule has 1 amide bonds. The van der Waals surface area contributed by atoms with Gasteiger partial charge in [0.15, 0.2) is 5.82 Å². The number of nitrogens with one attached hydrogen (secondary N) is 1. The molecular formula is C21H21N7OS2. The molecule has 0 aliphatic heterocycles. The number of nitrogen functional groups attached to an aromatic ring is 1. The van der Waals surface area contributed by atoms with E-state index in [0.29, 0.717) is 33.3 Å². The van der Waals surface area contributed by atoms with Crippen LogP contribution in [0.5, 0.6) is 0 Å². The molecule has 0 fully saturated rings. The lowest BCUT2D eigenvalue weighted by Gasteiger charge is -2.03. The van der Waals surface area contributed by atoms with E-state index in [-0.39, 0.29) is 5.91 Å². The van der Waals surface area contributed by atoms with E-state index < -0.39 is 0 Å². The molecule has 0 saturated carbocycles. The maximum absolute atomic E-state index is 12.4. The molecule has 8 nitrogen and oxygen atoms in total. The summed E-state index contributed by atoms with van der Waals surface area (Å²) >= 11 is 2.65. The number of hydrogen-bond donors (Lipinski definition) is 2. The highest BCUT2D eigenvalue weighted by atomic mass is 32.2. The van der Waals surface area contributed by atoms with Crippen molar-refractivity contribution in [2.75, 3.05) is 5.84 Å². The van der Waals surface area contributed by atoms with Crippen molar-refractivity contribution in [1.29, 1.82) is 0 Å². The van der Waals surface area contributed by atoms with Crippen LogP contribution in [0.15, 0.2) is 53.7 Å². The van der Waals surface area contributed by atoms with Crippen LogP contribution in [-0.2, 0) is 12.3 Å². The number of nitrogens with two attached hydrogens (primary N) is 1. The number of aryl methyl sites for hydroxylation is 2. The first kappa shape index (κ1) is 21.0. The number of carbonyl (C=O) groups is 1. The predicted molar refractivity (Wildman–Crippen MR) is 122 cm³/mol. The number of carbonyl (C=O) groups excluding carboxylic acids is 1. The molecule has 158 valence electrons. The monoisotopic (exact) mass is 451 g/mol. The van der Waals surface area contributed by atoms with Gasteiger partial charge in [0.1, 0.15) is 5.01 Å². The van der Waals surface area contributed by atoms with Crippen molar-refractivity contribution in [1.82, 2.24) is 30.4 Å². The van der Waals surface area contributed by atoms with Gasteiger partial charge in [0.2, 0.25) is 10.2 Å². The first-order chi connectivity index (χ1) is 15.0.